The normalized spacial score (nSPS) is 16.3. The fraction of sp³-hybridized carbons (Fsp3) is 0.611. The van der Waals surface area contributed by atoms with Crippen LogP contribution >= 0.6 is 0 Å². The molecule has 4 nitrogen and oxygen atoms in total. The highest BCUT2D eigenvalue weighted by Gasteiger charge is 2.15. The van der Waals surface area contributed by atoms with Crippen LogP contribution in [-0.4, -0.2) is 37.5 Å². The van der Waals surface area contributed by atoms with Gasteiger partial charge in [-0.1, -0.05) is 37.1 Å². The van der Waals surface area contributed by atoms with E-state index in [9.17, 15) is 0 Å². The summed E-state index contributed by atoms with van der Waals surface area (Å²) in [6, 6.07) is 9.35. The molecule has 0 aromatic heterocycles. The first-order valence-corrected chi connectivity index (χ1v) is 8.44. The summed E-state index contributed by atoms with van der Waals surface area (Å²) in [7, 11) is 4.19. The summed E-state index contributed by atoms with van der Waals surface area (Å²) in [5.41, 5.74) is 2.60. The smallest absolute Gasteiger partial charge is 0.191 e. The van der Waals surface area contributed by atoms with E-state index in [1.807, 2.05) is 0 Å². The number of hydrogen-bond donors (Lipinski definition) is 2. The Morgan fingerprint density at radius 1 is 1.14 bits per heavy atom. The van der Waals surface area contributed by atoms with Crippen LogP contribution in [-0.2, 0) is 13.1 Å². The molecular weight excluding hydrogens is 272 g/mol. The van der Waals surface area contributed by atoms with Crippen molar-refractivity contribution in [1.82, 2.24) is 15.5 Å². The second-order valence-electron chi connectivity index (χ2n) is 6.38. The Morgan fingerprint density at radius 2 is 1.77 bits per heavy atom. The maximum atomic E-state index is 4.72. The number of nitrogens with zero attached hydrogens (tertiary/aromatic N) is 2. The van der Waals surface area contributed by atoms with E-state index in [2.05, 4.69) is 60.8 Å². The largest absolute Gasteiger partial charge is 0.357 e. The van der Waals surface area contributed by atoms with Gasteiger partial charge in [0.1, 0.15) is 0 Å². The molecule has 0 amide bonds. The summed E-state index contributed by atoms with van der Waals surface area (Å²) >= 11 is 0. The van der Waals surface area contributed by atoms with E-state index in [0.717, 1.165) is 25.6 Å². The second-order valence-corrected chi connectivity index (χ2v) is 6.38. The van der Waals surface area contributed by atoms with E-state index in [1.54, 1.807) is 0 Å². The summed E-state index contributed by atoms with van der Waals surface area (Å²) in [6.07, 6.45) is 5.21. The Bertz CT molecular complexity index is 458. The molecule has 0 radical (unpaired) electrons. The average Bonchev–Trinajstić information content (AvgIpc) is 2.99. The maximum absolute atomic E-state index is 4.72. The summed E-state index contributed by atoms with van der Waals surface area (Å²) in [4.78, 5) is 6.90. The van der Waals surface area contributed by atoms with Crippen LogP contribution in [0.1, 0.15) is 43.7 Å². The molecule has 1 aliphatic rings. The molecule has 2 rings (SSSR count). The Labute approximate surface area is 135 Å². The van der Waals surface area contributed by atoms with Gasteiger partial charge in [0.05, 0.1) is 6.54 Å². The van der Waals surface area contributed by atoms with Crippen molar-refractivity contribution >= 4 is 5.96 Å². The zero-order chi connectivity index (χ0) is 15.8. The minimum Gasteiger partial charge on any atom is -0.357 e. The number of rotatable bonds is 6. The number of benzene rings is 1. The molecule has 0 atom stereocenters. The SMILES string of the molecule is CCNC(=NCc1ccc(CN(C)C)cc1)NC1CCCC1. The minimum atomic E-state index is 0.597. The third-order valence-electron chi connectivity index (χ3n) is 3.98. The van der Waals surface area contributed by atoms with E-state index in [4.69, 9.17) is 4.99 Å². The number of aliphatic imine (C=N–C) groups is 1. The fourth-order valence-electron chi connectivity index (χ4n) is 2.87. The molecule has 0 heterocycles. The third-order valence-corrected chi connectivity index (χ3v) is 3.98. The Kier molecular flexibility index (Phi) is 6.72. The summed E-state index contributed by atoms with van der Waals surface area (Å²) in [5.74, 6) is 0.951. The van der Waals surface area contributed by atoms with E-state index in [-0.39, 0.29) is 0 Å². The molecule has 0 spiro atoms. The van der Waals surface area contributed by atoms with Crippen LogP contribution < -0.4 is 10.6 Å². The molecule has 1 fully saturated rings. The summed E-state index contributed by atoms with van der Waals surface area (Å²) in [6.45, 7) is 4.72. The lowest BCUT2D eigenvalue weighted by Crippen LogP contribution is -2.42. The molecule has 1 aromatic carbocycles. The van der Waals surface area contributed by atoms with Crippen LogP contribution in [0.15, 0.2) is 29.3 Å². The van der Waals surface area contributed by atoms with Crippen molar-refractivity contribution in [2.24, 2.45) is 4.99 Å². The first-order chi connectivity index (χ1) is 10.7. The molecule has 122 valence electrons. The molecule has 1 aliphatic carbocycles. The van der Waals surface area contributed by atoms with Gasteiger partial charge in [-0.15, -0.1) is 0 Å². The quantitative estimate of drug-likeness (QED) is 0.627. The summed E-state index contributed by atoms with van der Waals surface area (Å²) in [5, 5.41) is 6.91. The van der Waals surface area contributed by atoms with Crippen molar-refractivity contribution in [2.75, 3.05) is 20.6 Å². The van der Waals surface area contributed by atoms with Crippen molar-refractivity contribution in [3.05, 3.63) is 35.4 Å². The Morgan fingerprint density at radius 3 is 2.36 bits per heavy atom. The molecule has 1 saturated carbocycles. The predicted octanol–water partition coefficient (Wildman–Crippen LogP) is 2.75. The molecule has 2 N–H and O–H groups in total. The first kappa shape index (κ1) is 16.8. The van der Waals surface area contributed by atoms with Gasteiger partial charge in [0.2, 0.25) is 0 Å². The highest BCUT2D eigenvalue weighted by Crippen LogP contribution is 2.17. The van der Waals surface area contributed by atoms with Gasteiger partial charge in [-0.3, -0.25) is 0 Å². The lowest BCUT2D eigenvalue weighted by Gasteiger charge is -2.16. The van der Waals surface area contributed by atoms with E-state index >= 15 is 0 Å². The monoisotopic (exact) mass is 302 g/mol. The van der Waals surface area contributed by atoms with E-state index in [0.29, 0.717) is 6.04 Å². The number of guanidine groups is 1. The predicted molar refractivity (Wildman–Crippen MR) is 94.0 cm³/mol. The van der Waals surface area contributed by atoms with Gasteiger partial charge < -0.3 is 15.5 Å². The average molecular weight is 302 g/mol. The van der Waals surface area contributed by atoms with Gasteiger partial charge in [-0.25, -0.2) is 4.99 Å². The number of nitrogens with one attached hydrogen (secondary N) is 2. The minimum absolute atomic E-state index is 0.597. The zero-order valence-corrected chi connectivity index (χ0v) is 14.2. The van der Waals surface area contributed by atoms with Crippen LogP contribution in [0.2, 0.25) is 0 Å². The Balaban J connectivity index is 1.91. The van der Waals surface area contributed by atoms with Crippen LogP contribution in [0.4, 0.5) is 0 Å². The van der Waals surface area contributed by atoms with Crippen molar-refractivity contribution in [3.8, 4) is 0 Å². The van der Waals surface area contributed by atoms with Gasteiger partial charge in [-0.2, -0.15) is 0 Å². The lowest BCUT2D eigenvalue weighted by atomic mass is 10.1. The van der Waals surface area contributed by atoms with Gasteiger partial charge in [0, 0.05) is 19.1 Å². The van der Waals surface area contributed by atoms with Crippen LogP contribution in [0.3, 0.4) is 0 Å². The fourth-order valence-corrected chi connectivity index (χ4v) is 2.87. The highest BCUT2D eigenvalue weighted by atomic mass is 15.2. The molecule has 0 unspecified atom stereocenters. The second kappa shape index (κ2) is 8.79. The third kappa shape index (κ3) is 5.68. The molecule has 0 aliphatic heterocycles. The van der Waals surface area contributed by atoms with E-state index < -0.39 is 0 Å². The summed E-state index contributed by atoms with van der Waals surface area (Å²) < 4.78 is 0. The van der Waals surface area contributed by atoms with Crippen LogP contribution in [0.25, 0.3) is 0 Å². The topological polar surface area (TPSA) is 39.7 Å². The molecule has 0 bridgehead atoms. The van der Waals surface area contributed by atoms with Crippen LogP contribution in [0, 0.1) is 0 Å². The van der Waals surface area contributed by atoms with Gasteiger partial charge >= 0.3 is 0 Å². The molecule has 4 heteroatoms. The van der Waals surface area contributed by atoms with Crippen LogP contribution in [0.5, 0.6) is 0 Å². The Hall–Kier alpha value is -1.55. The molecule has 1 aromatic rings. The van der Waals surface area contributed by atoms with Crippen molar-refractivity contribution in [2.45, 2.75) is 51.7 Å². The molecular formula is C18H30N4. The van der Waals surface area contributed by atoms with Gasteiger partial charge in [0.15, 0.2) is 5.96 Å². The first-order valence-electron chi connectivity index (χ1n) is 8.44. The van der Waals surface area contributed by atoms with Gasteiger partial charge in [0.25, 0.3) is 0 Å². The highest BCUT2D eigenvalue weighted by molar-refractivity contribution is 5.80. The van der Waals surface area contributed by atoms with Crippen molar-refractivity contribution in [3.63, 3.8) is 0 Å². The van der Waals surface area contributed by atoms with Crippen molar-refractivity contribution in [1.29, 1.82) is 0 Å². The molecule has 22 heavy (non-hydrogen) atoms. The molecule has 0 saturated heterocycles. The van der Waals surface area contributed by atoms with Crippen molar-refractivity contribution < 1.29 is 0 Å². The zero-order valence-electron chi connectivity index (χ0n) is 14.2. The standard InChI is InChI=1S/C18H30N4/c1-4-19-18(21-17-7-5-6-8-17)20-13-15-9-11-16(12-10-15)14-22(2)3/h9-12,17H,4-8,13-14H2,1-3H3,(H2,19,20,21). The lowest BCUT2D eigenvalue weighted by molar-refractivity contribution is 0.402. The van der Waals surface area contributed by atoms with E-state index in [1.165, 1.54) is 36.8 Å². The maximum Gasteiger partial charge on any atom is 0.191 e. The number of hydrogen-bond acceptors (Lipinski definition) is 2. The van der Waals surface area contributed by atoms with Gasteiger partial charge in [-0.05, 0) is 45.0 Å².